The first-order valence-electron chi connectivity index (χ1n) is 6.56. The molecule has 1 unspecified atom stereocenters. The van der Waals surface area contributed by atoms with Crippen molar-refractivity contribution in [1.29, 1.82) is 0 Å². The molecular weight excluding hydrogens is 228 g/mol. The Hall–Kier alpha value is -1.55. The predicted molar refractivity (Wildman–Crippen MR) is 71.6 cm³/mol. The SMILES string of the molecule is O=C(CCC1CCCCN1)Nc1ccc(O)cc1. The first-order chi connectivity index (χ1) is 8.74. The molecule has 0 saturated carbocycles. The summed E-state index contributed by atoms with van der Waals surface area (Å²) >= 11 is 0. The lowest BCUT2D eigenvalue weighted by Crippen LogP contribution is -2.34. The second-order valence-corrected chi connectivity index (χ2v) is 4.78. The summed E-state index contributed by atoms with van der Waals surface area (Å²) in [5, 5.41) is 15.4. The average Bonchev–Trinajstić information content (AvgIpc) is 2.40. The number of aromatic hydroxyl groups is 1. The Morgan fingerprint density at radius 1 is 1.33 bits per heavy atom. The molecule has 2 rings (SSSR count). The van der Waals surface area contributed by atoms with E-state index in [9.17, 15) is 4.79 Å². The molecule has 1 aliphatic heterocycles. The van der Waals surface area contributed by atoms with Crippen molar-refractivity contribution in [3.63, 3.8) is 0 Å². The number of carbonyl (C=O) groups excluding carboxylic acids is 1. The maximum absolute atomic E-state index is 11.7. The van der Waals surface area contributed by atoms with E-state index in [0.717, 1.165) is 18.7 Å². The molecule has 0 aliphatic carbocycles. The van der Waals surface area contributed by atoms with Crippen LogP contribution in [0, 0.1) is 0 Å². The van der Waals surface area contributed by atoms with E-state index in [0.29, 0.717) is 12.5 Å². The monoisotopic (exact) mass is 248 g/mol. The van der Waals surface area contributed by atoms with Gasteiger partial charge in [-0.1, -0.05) is 6.42 Å². The molecule has 1 atom stereocenters. The maximum Gasteiger partial charge on any atom is 0.224 e. The van der Waals surface area contributed by atoms with E-state index in [1.807, 2.05) is 0 Å². The van der Waals surface area contributed by atoms with Crippen LogP contribution in [0.5, 0.6) is 5.75 Å². The smallest absolute Gasteiger partial charge is 0.224 e. The van der Waals surface area contributed by atoms with E-state index in [-0.39, 0.29) is 11.7 Å². The van der Waals surface area contributed by atoms with Gasteiger partial charge in [-0.15, -0.1) is 0 Å². The summed E-state index contributed by atoms with van der Waals surface area (Å²) in [6, 6.07) is 7.03. The van der Waals surface area contributed by atoms with Gasteiger partial charge in [-0.3, -0.25) is 4.79 Å². The van der Waals surface area contributed by atoms with Crippen molar-refractivity contribution >= 4 is 11.6 Å². The molecule has 4 heteroatoms. The Morgan fingerprint density at radius 3 is 2.78 bits per heavy atom. The third-order valence-corrected chi connectivity index (χ3v) is 3.28. The van der Waals surface area contributed by atoms with Crippen molar-refractivity contribution in [3.05, 3.63) is 24.3 Å². The molecule has 1 amide bonds. The van der Waals surface area contributed by atoms with Crippen LogP contribution in [0.3, 0.4) is 0 Å². The Kier molecular flexibility index (Phi) is 4.59. The van der Waals surface area contributed by atoms with Crippen LogP contribution in [0.15, 0.2) is 24.3 Å². The zero-order valence-electron chi connectivity index (χ0n) is 10.5. The lowest BCUT2D eigenvalue weighted by molar-refractivity contribution is -0.116. The van der Waals surface area contributed by atoms with E-state index in [2.05, 4.69) is 10.6 Å². The largest absolute Gasteiger partial charge is 0.508 e. The first kappa shape index (κ1) is 12.9. The van der Waals surface area contributed by atoms with Crippen LogP contribution in [0.4, 0.5) is 5.69 Å². The lowest BCUT2D eigenvalue weighted by Gasteiger charge is -2.23. The van der Waals surface area contributed by atoms with Crippen LogP contribution in [0.1, 0.15) is 32.1 Å². The molecule has 98 valence electrons. The van der Waals surface area contributed by atoms with E-state index in [1.54, 1.807) is 24.3 Å². The highest BCUT2D eigenvalue weighted by molar-refractivity contribution is 5.90. The highest BCUT2D eigenvalue weighted by atomic mass is 16.3. The standard InChI is InChI=1S/C14H20N2O2/c17-13-7-4-12(5-8-13)16-14(18)9-6-11-3-1-2-10-15-11/h4-5,7-8,11,15,17H,1-3,6,9-10H2,(H,16,18). The van der Waals surface area contributed by atoms with Gasteiger partial charge >= 0.3 is 0 Å². The summed E-state index contributed by atoms with van der Waals surface area (Å²) in [6.45, 7) is 1.07. The second-order valence-electron chi connectivity index (χ2n) is 4.78. The summed E-state index contributed by atoms with van der Waals surface area (Å²) in [7, 11) is 0. The number of rotatable bonds is 4. The third-order valence-electron chi connectivity index (χ3n) is 3.28. The van der Waals surface area contributed by atoms with Crippen molar-refractivity contribution in [2.75, 3.05) is 11.9 Å². The van der Waals surface area contributed by atoms with Crippen LogP contribution in [-0.4, -0.2) is 23.6 Å². The van der Waals surface area contributed by atoms with Crippen molar-refractivity contribution in [3.8, 4) is 5.75 Å². The van der Waals surface area contributed by atoms with Gasteiger partial charge in [0, 0.05) is 18.2 Å². The minimum Gasteiger partial charge on any atom is -0.508 e. The molecule has 0 radical (unpaired) electrons. The summed E-state index contributed by atoms with van der Waals surface area (Å²) in [5.74, 6) is 0.243. The average molecular weight is 248 g/mol. The lowest BCUT2D eigenvalue weighted by atomic mass is 10.0. The fraction of sp³-hybridized carbons (Fsp3) is 0.500. The van der Waals surface area contributed by atoms with Gasteiger partial charge < -0.3 is 15.7 Å². The van der Waals surface area contributed by atoms with Crippen molar-refractivity contribution < 1.29 is 9.90 Å². The zero-order chi connectivity index (χ0) is 12.8. The number of amides is 1. The molecule has 1 aliphatic rings. The molecule has 1 fully saturated rings. The van der Waals surface area contributed by atoms with Gasteiger partial charge in [0.05, 0.1) is 0 Å². The third kappa shape index (κ3) is 4.04. The molecule has 0 aromatic heterocycles. The first-order valence-corrected chi connectivity index (χ1v) is 6.56. The number of nitrogens with one attached hydrogen (secondary N) is 2. The molecular formula is C14H20N2O2. The summed E-state index contributed by atoms with van der Waals surface area (Å²) in [5.41, 5.74) is 0.731. The molecule has 1 heterocycles. The van der Waals surface area contributed by atoms with Crippen LogP contribution in [-0.2, 0) is 4.79 Å². The number of benzene rings is 1. The molecule has 0 bridgehead atoms. The fourth-order valence-electron chi connectivity index (χ4n) is 2.24. The molecule has 18 heavy (non-hydrogen) atoms. The minimum atomic E-state index is 0.0352. The number of carbonyl (C=O) groups is 1. The topological polar surface area (TPSA) is 61.4 Å². The molecule has 4 nitrogen and oxygen atoms in total. The number of phenols is 1. The van der Waals surface area contributed by atoms with Gasteiger partial charge in [0.25, 0.3) is 0 Å². The van der Waals surface area contributed by atoms with Gasteiger partial charge in [0.1, 0.15) is 5.75 Å². The minimum absolute atomic E-state index is 0.0352. The quantitative estimate of drug-likeness (QED) is 0.716. The van der Waals surface area contributed by atoms with E-state index < -0.39 is 0 Å². The van der Waals surface area contributed by atoms with E-state index in [4.69, 9.17) is 5.11 Å². The second kappa shape index (κ2) is 6.40. The molecule has 1 aromatic rings. The fourth-order valence-corrected chi connectivity index (χ4v) is 2.24. The van der Waals surface area contributed by atoms with Crippen LogP contribution >= 0.6 is 0 Å². The zero-order valence-corrected chi connectivity index (χ0v) is 10.5. The normalized spacial score (nSPS) is 19.4. The Balaban J connectivity index is 1.73. The molecule has 0 spiro atoms. The highest BCUT2D eigenvalue weighted by Gasteiger charge is 2.13. The predicted octanol–water partition coefficient (Wildman–Crippen LogP) is 2.25. The van der Waals surface area contributed by atoms with Crippen LogP contribution < -0.4 is 10.6 Å². The Morgan fingerprint density at radius 2 is 2.11 bits per heavy atom. The van der Waals surface area contributed by atoms with Crippen LogP contribution in [0.2, 0.25) is 0 Å². The number of anilines is 1. The van der Waals surface area contributed by atoms with Gasteiger partial charge in [0.2, 0.25) is 5.91 Å². The van der Waals surface area contributed by atoms with E-state index >= 15 is 0 Å². The molecule has 3 N–H and O–H groups in total. The van der Waals surface area contributed by atoms with Crippen molar-refractivity contribution in [2.45, 2.75) is 38.1 Å². The number of phenolic OH excluding ortho intramolecular Hbond substituents is 1. The van der Waals surface area contributed by atoms with Gasteiger partial charge in [0.15, 0.2) is 0 Å². The van der Waals surface area contributed by atoms with E-state index in [1.165, 1.54) is 19.3 Å². The Labute approximate surface area is 107 Å². The summed E-state index contributed by atoms with van der Waals surface area (Å²) < 4.78 is 0. The van der Waals surface area contributed by atoms with Gasteiger partial charge in [-0.2, -0.15) is 0 Å². The van der Waals surface area contributed by atoms with Gasteiger partial charge in [-0.25, -0.2) is 0 Å². The molecule has 1 aromatic carbocycles. The Bertz CT molecular complexity index is 383. The van der Waals surface area contributed by atoms with Crippen LogP contribution in [0.25, 0.3) is 0 Å². The summed E-state index contributed by atoms with van der Waals surface area (Å²) in [6.07, 6.45) is 5.11. The van der Waals surface area contributed by atoms with Crippen molar-refractivity contribution in [1.82, 2.24) is 5.32 Å². The van der Waals surface area contributed by atoms with Gasteiger partial charge in [-0.05, 0) is 50.1 Å². The number of hydrogen-bond acceptors (Lipinski definition) is 3. The van der Waals surface area contributed by atoms with Crippen molar-refractivity contribution in [2.24, 2.45) is 0 Å². The highest BCUT2D eigenvalue weighted by Crippen LogP contribution is 2.15. The maximum atomic E-state index is 11.7. The number of hydrogen-bond donors (Lipinski definition) is 3. The number of piperidine rings is 1. The molecule has 1 saturated heterocycles. The summed E-state index contributed by atoms with van der Waals surface area (Å²) in [4.78, 5) is 11.7.